The molecule has 0 radical (unpaired) electrons. The number of carbonyl (C=O) groups is 1. The molecule has 0 atom stereocenters. The number of benzene rings is 5. The van der Waals surface area contributed by atoms with Crippen LogP contribution in [0.5, 0.6) is 23.0 Å². The van der Waals surface area contributed by atoms with Gasteiger partial charge in [0.1, 0.15) is 13.2 Å². The predicted octanol–water partition coefficient (Wildman–Crippen LogP) is 8.67. The van der Waals surface area contributed by atoms with Gasteiger partial charge in [-0.15, -0.1) is 0 Å². The van der Waals surface area contributed by atoms with E-state index in [-0.39, 0.29) is 5.91 Å². The van der Waals surface area contributed by atoms with E-state index in [2.05, 4.69) is 0 Å². The number of methoxy groups -OCH3 is 2. The number of amides is 1. The van der Waals surface area contributed by atoms with E-state index in [0.29, 0.717) is 46.3 Å². The maximum atomic E-state index is 13.7. The number of thioether (sulfide) groups is 1. The number of nitrogens with zero attached hydrogens (tertiary/aromatic N) is 2. The van der Waals surface area contributed by atoms with Crippen molar-refractivity contribution in [3.05, 3.63) is 149 Å². The molecule has 46 heavy (non-hydrogen) atoms. The molecule has 0 unspecified atom stereocenters. The highest BCUT2D eigenvalue weighted by molar-refractivity contribution is 8.19. The average Bonchev–Trinajstić information content (AvgIpc) is 3.41. The maximum Gasteiger partial charge on any atom is 0.271 e. The lowest BCUT2D eigenvalue weighted by molar-refractivity contribution is -0.113. The Morgan fingerprint density at radius 2 is 1.24 bits per heavy atom. The molecule has 230 valence electrons. The molecule has 1 aliphatic rings. The second-order valence-electron chi connectivity index (χ2n) is 10.3. The largest absolute Gasteiger partial charge is 0.493 e. The molecule has 5 aromatic carbocycles. The molecule has 0 aliphatic carbocycles. The molecule has 0 bridgehead atoms. The minimum Gasteiger partial charge on any atom is -0.493 e. The van der Waals surface area contributed by atoms with Gasteiger partial charge >= 0.3 is 0 Å². The maximum absolute atomic E-state index is 13.7. The lowest BCUT2D eigenvalue weighted by Crippen LogP contribution is -2.28. The summed E-state index contributed by atoms with van der Waals surface area (Å²) in [6, 6.07) is 40.5. The number of hydrogen-bond acceptors (Lipinski definition) is 7. The van der Waals surface area contributed by atoms with Gasteiger partial charge < -0.3 is 18.9 Å². The SMILES string of the molecule is COc1cc(/C=C2/SC(=Nc3ccccc3)N(c3ccccc3)C2=O)ccc1OCc1ccc(OCc2ccccc2)c(OC)c1. The predicted molar refractivity (Wildman–Crippen MR) is 184 cm³/mol. The smallest absolute Gasteiger partial charge is 0.271 e. The first-order valence-corrected chi connectivity index (χ1v) is 15.5. The van der Waals surface area contributed by atoms with E-state index in [0.717, 1.165) is 28.1 Å². The summed E-state index contributed by atoms with van der Waals surface area (Å²) in [6.07, 6.45) is 1.85. The van der Waals surface area contributed by atoms with Gasteiger partial charge in [-0.2, -0.15) is 0 Å². The van der Waals surface area contributed by atoms with Gasteiger partial charge in [-0.3, -0.25) is 9.69 Å². The van der Waals surface area contributed by atoms with Gasteiger partial charge in [-0.25, -0.2) is 4.99 Å². The van der Waals surface area contributed by atoms with Crippen molar-refractivity contribution in [3.63, 3.8) is 0 Å². The minimum atomic E-state index is -0.143. The van der Waals surface area contributed by atoms with Crippen molar-refractivity contribution >= 4 is 40.3 Å². The monoisotopic (exact) mass is 628 g/mol. The van der Waals surface area contributed by atoms with Crippen molar-refractivity contribution in [2.75, 3.05) is 19.1 Å². The molecule has 0 N–H and O–H groups in total. The average molecular weight is 629 g/mol. The molecule has 1 amide bonds. The van der Waals surface area contributed by atoms with Crippen molar-refractivity contribution in [1.29, 1.82) is 0 Å². The van der Waals surface area contributed by atoms with Crippen molar-refractivity contribution in [2.45, 2.75) is 13.2 Å². The van der Waals surface area contributed by atoms with E-state index in [1.54, 1.807) is 19.1 Å². The lowest BCUT2D eigenvalue weighted by Gasteiger charge is -2.15. The number of carbonyl (C=O) groups excluding carboxylic acids is 1. The first-order chi connectivity index (χ1) is 22.6. The minimum absolute atomic E-state index is 0.143. The zero-order valence-corrected chi connectivity index (χ0v) is 26.3. The number of ether oxygens (including phenoxy) is 4. The number of hydrogen-bond donors (Lipinski definition) is 0. The van der Waals surface area contributed by atoms with Gasteiger partial charge in [0, 0.05) is 0 Å². The Balaban J connectivity index is 1.18. The van der Waals surface area contributed by atoms with Gasteiger partial charge in [-0.05, 0) is 83.1 Å². The van der Waals surface area contributed by atoms with Gasteiger partial charge in [-0.1, -0.05) is 78.9 Å². The fraction of sp³-hybridized carbons (Fsp3) is 0.105. The molecule has 1 heterocycles. The molecule has 0 saturated carbocycles. The zero-order chi connectivity index (χ0) is 31.7. The third-order valence-corrected chi connectivity index (χ3v) is 8.12. The molecule has 5 aromatic rings. The Labute approximate surface area is 272 Å². The third kappa shape index (κ3) is 7.25. The number of para-hydroxylation sites is 2. The number of rotatable bonds is 11. The van der Waals surface area contributed by atoms with Crippen LogP contribution in [-0.4, -0.2) is 25.3 Å². The van der Waals surface area contributed by atoms with Crippen molar-refractivity contribution in [3.8, 4) is 23.0 Å². The summed E-state index contributed by atoms with van der Waals surface area (Å²) in [5, 5.41) is 0.590. The quantitative estimate of drug-likeness (QED) is 0.136. The van der Waals surface area contributed by atoms with Crippen LogP contribution in [0.4, 0.5) is 11.4 Å². The van der Waals surface area contributed by atoms with Crippen LogP contribution in [-0.2, 0) is 18.0 Å². The van der Waals surface area contributed by atoms with E-state index in [1.165, 1.54) is 11.8 Å². The number of aliphatic imine (C=N–C) groups is 1. The van der Waals surface area contributed by atoms with Crippen LogP contribution in [0.15, 0.2) is 137 Å². The van der Waals surface area contributed by atoms with E-state index in [4.69, 9.17) is 23.9 Å². The third-order valence-electron chi connectivity index (χ3n) is 7.15. The second kappa shape index (κ2) is 14.5. The van der Waals surface area contributed by atoms with Crippen LogP contribution >= 0.6 is 11.8 Å². The first-order valence-electron chi connectivity index (χ1n) is 14.7. The highest BCUT2D eigenvalue weighted by Gasteiger charge is 2.34. The summed E-state index contributed by atoms with van der Waals surface area (Å²) in [6.45, 7) is 0.744. The molecule has 1 saturated heterocycles. The summed E-state index contributed by atoms with van der Waals surface area (Å²) in [7, 11) is 3.22. The fourth-order valence-corrected chi connectivity index (χ4v) is 5.83. The number of anilines is 1. The van der Waals surface area contributed by atoms with Crippen LogP contribution in [0.3, 0.4) is 0 Å². The summed E-state index contributed by atoms with van der Waals surface area (Å²) in [4.78, 5) is 20.6. The highest BCUT2D eigenvalue weighted by atomic mass is 32.2. The van der Waals surface area contributed by atoms with Crippen molar-refractivity contribution in [1.82, 2.24) is 0 Å². The van der Waals surface area contributed by atoms with Gasteiger partial charge in [0.2, 0.25) is 0 Å². The van der Waals surface area contributed by atoms with E-state index in [9.17, 15) is 4.79 Å². The van der Waals surface area contributed by atoms with Crippen LogP contribution in [0.25, 0.3) is 6.08 Å². The fourth-order valence-electron chi connectivity index (χ4n) is 4.83. The Morgan fingerprint density at radius 3 is 1.91 bits per heavy atom. The van der Waals surface area contributed by atoms with Crippen LogP contribution in [0.2, 0.25) is 0 Å². The lowest BCUT2D eigenvalue weighted by atomic mass is 10.1. The summed E-state index contributed by atoms with van der Waals surface area (Å²) >= 11 is 1.34. The molecular formula is C38H32N2O5S. The van der Waals surface area contributed by atoms with Crippen LogP contribution in [0.1, 0.15) is 16.7 Å². The molecule has 6 rings (SSSR count). The zero-order valence-electron chi connectivity index (χ0n) is 25.5. The Hall–Kier alpha value is -5.47. The van der Waals surface area contributed by atoms with E-state index < -0.39 is 0 Å². The molecule has 1 fully saturated rings. The topological polar surface area (TPSA) is 69.6 Å². The summed E-state index contributed by atoms with van der Waals surface area (Å²) < 4.78 is 23.4. The molecule has 8 heteroatoms. The van der Waals surface area contributed by atoms with E-state index >= 15 is 0 Å². The molecule has 1 aliphatic heterocycles. The molecular weight excluding hydrogens is 596 g/mol. The highest BCUT2D eigenvalue weighted by Crippen LogP contribution is 2.38. The molecule has 0 spiro atoms. The van der Waals surface area contributed by atoms with Crippen LogP contribution < -0.4 is 23.8 Å². The molecule has 0 aromatic heterocycles. The van der Waals surface area contributed by atoms with Gasteiger partial charge in [0.05, 0.1) is 30.5 Å². The van der Waals surface area contributed by atoms with Gasteiger partial charge in [0.25, 0.3) is 5.91 Å². The number of amidine groups is 1. The molecule has 7 nitrogen and oxygen atoms in total. The first kappa shape index (κ1) is 30.6. The van der Waals surface area contributed by atoms with Gasteiger partial charge in [0.15, 0.2) is 28.2 Å². The van der Waals surface area contributed by atoms with Crippen LogP contribution in [0, 0.1) is 0 Å². The van der Waals surface area contributed by atoms with Crippen molar-refractivity contribution in [2.24, 2.45) is 4.99 Å². The van der Waals surface area contributed by atoms with E-state index in [1.807, 2.05) is 133 Å². The Bertz CT molecular complexity index is 1860. The Morgan fingerprint density at radius 1 is 0.652 bits per heavy atom. The standard InChI is InChI=1S/C38H32N2O5S/c1-42-34-22-28(24-36-37(41)40(31-16-10-5-11-17-31)38(46-36)39-30-14-8-4-9-15-30)18-20-32(34)45-26-29-19-21-33(35(23-29)43-2)44-25-27-12-6-3-7-13-27/h3-24H,25-26H2,1-2H3/b36-24+,39-38?. The summed E-state index contributed by atoms with van der Waals surface area (Å²) in [5.41, 5.74) is 4.32. The Kier molecular flexibility index (Phi) is 9.66. The normalized spacial score (nSPS) is 14.5. The summed E-state index contributed by atoms with van der Waals surface area (Å²) in [5.74, 6) is 2.28. The van der Waals surface area contributed by atoms with Crippen molar-refractivity contribution < 1.29 is 23.7 Å². The second-order valence-corrected chi connectivity index (χ2v) is 11.3.